The molecule has 6 nitrogen and oxygen atoms in total. The average molecular weight is 372 g/mol. The third-order valence-electron chi connectivity index (χ3n) is 4.94. The summed E-state index contributed by atoms with van der Waals surface area (Å²) in [5.74, 6) is 0.329. The minimum Gasteiger partial charge on any atom is -0.423 e. The Kier molecular flexibility index (Phi) is 4.61. The summed E-state index contributed by atoms with van der Waals surface area (Å²) < 4.78 is 5.24. The van der Waals surface area contributed by atoms with Crippen LogP contribution < -0.4 is 5.32 Å². The third kappa shape index (κ3) is 3.36. The monoisotopic (exact) mass is 372 g/mol. The number of fused-ring (bicyclic) bond motifs is 1. The van der Waals surface area contributed by atoms with Crippen LogP contribution in [0, 0.1) is 20.8 Å². The molecule has 4 rings (SSSR count). The molecule has 2 aromatic heterocycles. The molecule has 2 heterocycles. The van der Waals surface area contributed by atoms with Gasteiger partial charge in [0, 0.05) is 22.3 Å². The van der Waals surface area contributed by atoms with E-state index in [-0.39, 0.29) is 12.3 Å². The van der Waals surface area contributed by atoms with Crippen molar-refractivity contribution in [3.63, 3.8) is 0 Å². The lowest BCUT2D eigenvalue weighted by Gasteiger charge is -2.14. The second-order valence-electron chi connectivity index (χ2n) is 6.82. The standard InChI is InChI=1S/C22H20N4O2/c1-13-8-9-16(22-26-23-12-28-22)10-20(13)25-21(27)11-18-14(2)17-6-4-5-7-19(17)24-15(18)3/h4-10,12H,11H2,1-3H3,(H,25,27). The molecule has 0 saturated heterocycles. The van der Waals surface area contributed by atoms with Crippen LogP contribution in [0.2, 0.25) is 0 Å². The summed E-state index contributed by atoms with van der Waals surface area (Å²) in [6.45, 7) is 5.94. The lowest BCUT2D eigenvalue weighted by Crippen LogP contribution is -2.17. The van der Waals surface area contributed by atoms with Crippen LogP contribution in [-0.2, 0) is 11.2 Å². The van der Waals surface area contributed by atoms with Crippen molar-refractivity contribution in [1.29, 1.82) is 0 Å². The zero-order valence-corrected chi connectivity index (χ0v) is 16.0. The molecule has 28 heavy (non-hydrogen) atoms. The largest absolute Gasteiger partial charge is 0.423 e. The highest BCUT2D eigenvalue weighted by Gasteiger charge is 2.14. The van der Waals surface area contributed by atoms with Crippen molar-refractivity contribution in [2.24, 2.45) is 0 Å². The van der Waals surface area contributed by atoms with Gasteiger partial charge in [-0.15, -0.1) is 10.2 Å². The molecule has 0 atom stereocenters. The fourth-order valence-corrected chi connectivity index (χ4v) is 3.37. The Morgan fingerprint density at radius 3 is 2.71 bits per heavy atom. The van der Waals surface area contributed by atoms with E-state index >= 15 is 0 Å². The number of aromatic nitrogens is 3. The van der Waals surface area contributed by atoms with E-state index in [9.17, 15) is 4.79 Å². The molecule has 0 spiro atoms. The molecule has 0 saturated carbocycles. The summed E-state index contributed by atoms with van der Waals surface area (Å²) in [4.78, 5) is 17.4. The first kappa shape index (κ1) is 17.9. The fourth-order valence-electron chi connectivity index (χ4n) is 3.37. The fraction of sp³-hybridized carbons (Fsp3) is 0.182. The topological polar surface area (TPSA) is 80.9 Å². The van der Waals surface area contributed by atoms with Crippen molar-refractivity contribution in [3.05, 3.63) is 71.2 Å². The Balaban J connectivity index is 1.60. The molecule has 0 radical (unpaired) electrons. The molecule has 0 bridgehead atoms. The zero-order valence-electron chi connectivity index (χ0n) is 16.0. The van der Waals surface area contributed by atoms with Gasteiger partial charge >= 0.3 is 0 Å². The van der Waals surface area contributed by atoms with Crippen LogP contribution in [0.4, 0.5) is 5.69 Å². The van der Waals surface area contributed by atoms with Gasteiger partial charge in [0.15, 0.2) is 0 Å². The van der Waals surface area contributed by atoms with Gasteiger partial charge in [-0.05, 0) is 55.7 Å². The van der Waals surface area contributed by atoms with E-state index in [1.54, 1.807) is 0 Å². The second kappa shape index (κ2) is 7.23. The van der Waals surface area contributed by atoms with Gasteiger partial charge in [-0.1, -0.05) is 24.3 Å². The minimum absolute atomic E-state index is 0.0888. The van der Waals surface area contributed by atoms with Crippen molar-refractivity contribution >= 4 is 22.5 Å². The number of rotatable bonds is 4. The molecule has 1 amide bonds. The van der Waals surface area contributed by atoms with Crippen molar-refractivity contribution in [1.82, 2.24) is 15.2 Å². The van der Waals surface area contributed by atoms with Crippen molar-refractivity contribution in [3.8, 4) is 11.5 Å². The van der Waals surface area contributed by atoms with E-state index in [0.717, 1.165) is 44.5 Å². The smallest absolute Gasteiger partial charge is 0.247 e. The number of para-hydroxylation sites is 1. The van der Waals surface area contributed by atoms with E-state index < -0.39 is 0 Å². The van der Waals surface area contributed by atoms with Gasteiger partial charge in [0.1, 0.15) is 0 Å². The first-order chi connectivity index (χ1) is 13.5. The van der Waals surface area contributed by atoms with Crippen LogP contribution in [0.5, 0.6) is 0 Å². The highest BCUT2D eigenvalue weighted by atomic mass is 16.4. The highest BCUT2D eigenvalue weighted by Crippen LogP contribution is 2.26. The SMILES string of the molecule is Cc1ccc(-c2nnco2)cc1NC(=O)Cc1c(C)nc2ccccc2c1C. The van der Waals surface area contributed by atoms with Crippen LogP contribution in [0.3, 0.4) is 0 Å². The summed E-state index contributed by atoms with van der Waals surface area (Å²) in [5.41, 5.74) is 6.33. The minimum atomic E-state index is -0.0888. The molecule has 0 unspecified atom stereocenters. The van der Waals surface area contributed by atoms with Crippen molar-refractivity contribution in [2.45, 2.75) is 27.2 Å². The Hall–Kier alpha value is -3.54. The molecule has 2 aromatic carbocycles. The Bertz CT molecular complexity index is 1170. The van der Waals surface area contributed by atoms with Crippen molar-refractivity contribution < 1.29 is 9.21 Å². The number of pyridine rings is 1. The van der Waals surface area contributed by atoms with Gasteiger partial charge in [0.2, 0.25) is 18.2 Å². The summed E-state index contributed by atoms with van der Waals surface area (Å²) in [5, 5.41) is 11.7. The average Bonchev–Trinajstić information content (AvgIpc) is 3.22. The van der Waals surface area contributed by atoms with Crippen molar-refractivity contribution in [2.75, 3.05) is 5.32 Å². The third-order valence-corrected chi connectivity index (χ3v) is 4.94. The number of aryl methyl sites for hydroxylation is 3. The number of hydrogen-bond acceptors (Lipinski definition) is 5. The molecular weight excluding hydrogens is 352 g/mol. The molecule has 0 fully saturated rings. The lowest BCUT2D eigenvalue weighted by atomic mass is 9.99. The van der Waals surface area contributed by atoms with Crippen LogP contribution in [-0.4, -0.2) is 21.1 Å². The van der Waals surface area contributed by atoms with Crippen LogP contribution in [0.15, 0.2) is 53.3 Å². The summed E-state index contributed by atoms with van der Waals surface area (Å²) in [7, 11) is 0. The number of carbonyl (C=O) groups excluding carboxylic acids is 1. The quantitative estimate of drug-likeness (QED) is 0.574. The maximum atomic E-state index is 12.8. The number of hydrogen-bond donors (Lipinski definition) is 1. The molecule has 4 aromatic rings. The summed E-state index contributed by atoms with van der Waals surface area (Å²) >= 11 is 0. The first-order valence-electron chi connectivity index (χ1n) is 9.05. The van der Waals surface area contributed by atoms with E-state index in [1.807, 2.05) is 63.2 Å². The molecule has 140 valence electrons. The van der Waals surface area contributed by atoms with E-state index in [4.69, 9.17) is 4.42 Å². The second-order valence-corrected chi connectivity index (χ2v) is 6.82. The van der Waals surface area contributed by atoms with Crippen LogP contribution >= 0.6 is 0 Å². The molecule has 0 aliphatic heterocycles. The predicted octanol–water partition coefficient (Wildman–Crippen LogP) is 4.39. The van der Waals surface area contributed by atoms with E-state index in [0.29, 0.717) is 5.89 Å². The van der Waals surface area contributed by atoms with Gasteiger partial charge in [-0.2, -0.15) is 0 Å². The Morgan fingerprint density at radius 1 is 1.11 bits per heavy atom. The maximum Gasteiger partial charge on any atom is 0.247 e. The number of benzene rings is 2. The van der Waals surface area contributed by atoms with E-state index in [2.05, 4.69) is 20.5 Å². The van der Waals surface area contributed by atoms with Gasteiger partial charge in [-0.25, -0.2) is 0 Å². The van der Waals surface area contributed by atoms with Gasteiger partial charge in [0.05, 0.1) is 11.9 Å². The molecular formula is C22H20N4O2. The van der Waals surface area contributed by atoms with Crippen LogP contribution in [0.25, 0.3) is 22.4 Å². The molecule has 0 aliphatic carbocycles. The molecule has 6 heteroatoms. The highest BCUT2D eigenvalue weighted by molar-refractivity contribution is 5.95. The summed E-state index contributed by atoms with van der Waals surface area (Å²) in [6.07, 6.45) is 1.55. The molecule has 1 N–H and O–H groups in total. The molecule has 0 aliphatic rings. The lowest BCUT2D eigenvalue weighted by molar-refractivity contribution is -0.115. The number of anilines is 1. The normalized spacial score (nSPS) is 11.0. The number of carbonyl (C=O) groups is 1. The number of amides is 1. The van der Waals surface area contributed by atoms with Crippen LogP contribution in [0.1, 0.15) is 22.4 Å². The first-order valence-corrected chi connectivity index (χ1v) is 9.05. The number of nitrogens with one attached hydrogen (secondary N) is 1. The zero-order chi connectivity index (χ0) is 19.7. The van der Waals surface area contributed by atoms with Gasteiger partial charge < -0.3 is 9.73 Å². The number of nitrogens with zero attached hydrogens (tertiary/aromatic N) is 3. The van der Waals surface area contributed by atoms with Gasteiger partial charge in [0.25, 0.3) is 0 Å². The summed E-state index contributed by atoms with van der Waals surface area (Å²) in [6, 6.07) is 13.6. The Morgan fingerprint density at radius 2 is 1.93 bits per heavy atom. The predicted molar refractivity (Wildman–Crippen MR) is 108 cm³/mol. The van der Waals surface area contributed by atoms with E-state index in [1.165, 1.54) is 6.39 Å². The Labute approximate surface area is 162 Å². The maximum absolute atomic E-state index is 12.8. The van der Waals surface area contributed by atoms with Gasteiger partial charge in [-0.3, -0.25) is 9.78 Å².